The number of pyridine rings is 1. The summed E-state index contributed by atoms with van der Waals surface area (Å²) >= 11 is 0. The molecule has 1 fully saturated rings. The summed E-state index contributed by atoms with van der Waals surface area (Å²) in [5.74, 6) is -0.220. The van der Waals surface area contributed by atoms with E-state index in [1.54, 1.807) is 18.2 Å². The first kappa shape index (κ1) is 18.0. The monoisotopic (exact) mass is 356 g/mol. The van der Waals surface area contributed by atoms with E-state index in [0.29, 0.717) is 29.4 Å². The maximum absolute atomic E-state index is 14.0. The first-order valence-electron chi connectivity index (χ1n) is 8.64. The molecule has 0 spiro atoms. The van der Waals surface area contributed by atoms with Crippen molar-refractivity contribution in [2.75, 3.05) is 7.05 Å². The van der Waals surface area contributed by atoms with Crippen molar-refractivity contribution in [3.8, 4) is 0 Å². The lowest BCUT2D eigenvalue weighted by atomic mass is 10.0. The Morgan fingerprint density at radius 1 is 1.31 bits per heavy atom. The van der Waals surface area contributed by atoms with E-state index >= 15 is 0 Å². The van der Waals surface area contributed by atoms with Crippen LogP contribution in [-0.2, 0) is 6.54 Å². The van der Waals surface area contributed by atoms with Gasteiger partial charge in [0.1, 0.15) is 11.4 Å². The number of nitrogens with zero attached hydrogens (tertiary/aromatic N) is 1. The van der Waals surface area contributed by atoms with Gasteiger partial charge in [0.2, 0.25) is 0 Å². The van der Waals surface area contributed by atoms with Crippen molar-refractivity contribution in [2.24, 2.45) is 11.8 Å². The molecular weight excluding hydrogens is 335 g/mol. The third-order valence-corrected chi connectivity index (χ3v) is 4.90. The van der Waals surface area contributed by atoms with Gasteiger partial charge >= 0.3 is 0 Å². The van der Waals surface area contributed by atoms with Crippen LogP contribution in [0.15, 0.2) is 41.3 Å². The molecule has 1 N–H and O–H groups in total. The lowest BCUT2D eigenvalue weighted by molar-refractivity contribution is 0.0961. The fourth-order valence-electron chi connectivity index (χ4n) is 3.05. The molecule has 1 aromatic heterocycles. The van der Waals surface area contributed by atoms with Crippen LogP contribution < -0.4 is 10.9 Å². The summed E-state index contributed by atoms with van der Waals surface area (Å²) in [7, 11) is 1.42. The van der Waals surface area contributed by atoms with Crippen LogP contribution in [0.3, 0.4) is 0 Å². The standard InChI is InChI=1S/C20H21FN2O3/c1-12-7-14(12)9-18(24)15-8-16(19(25)22-2)20(26)23(11-15)10-13-5-3-4-6-17(13)21/h3-6,8,11-12,14H,7,9-10H2,1-2H3,(H,22,25)/t12-,14?/m1/s1. The molecule has 6 heteroatoms. The maximum Gasteiger partial charge on any atom is 0.263 e. The zero-order valence-electron chi connectivity index (χ0n) is 14.8. The number of Topliss-reactive ketones (excluding diaryl/α,β-unsaturated/α-hetero) is 1. The van der Waals surface area contributed by atoms with E-state index in [-0.39, 0.29) is 17.9 Å². The molecule has 1 aliphatic rings. The fourth-order valence-corrected chi connectivity index (χ4v) is 3.05. The Morgan fingerprint density at radius 3 is 2.62 bits per heavy atom. The normalized spacial score (nSPS) is 18.4. The molecule has 0 radical (unpaired) electrons. The van der Waals surface area contributed by atoms with Gasteiger partial charge in [-0.3, -0.25) is 14.4 Å². The summed E-state index contributed by atoms with van der Waals surface area (Å²) in [5.41, 5.74) is -0.0426. The van der Waals surface area contributed by atoms with E-state index in [4.69, 9.17) is 0 Å². The Bertz CT molecular complexity index is 920. The van der Waals surface area contributed by atoms with Crippen LogP contribution in [0.2, 0.25) is 0 Å². The lowest BCUT2D eigenvalue weighted by Crippen LogP contribution is -2.32. The van der Waals surface area contributed by atoms with Crippen LogP contribution in [0.5, 0.6) is 0 Å². The molecule has 1 amide bonds. The van der Waals surface area contributed by atoms with Gasteiger partial charge < -0.3 is 9.88 Å². The average molecular weight is 356 g/mol. The highest BCUT2D eigenvalue weighted by atomic mass is 19.1. The second-order valence-corrected chi connectivity index (χ2v) is 6.85. The average Bonchev–Trinajstić information content (AvgIpc) is 3.32. The summed E-state index contributed by atoms with van der Waals surface area (Å²) < 4.78 is 15.2. The van der Waals surface area contributed by atoms with Crippen LogP contribution in [-0.4, -0.2) is 23.3 Å². The number of aromatic nitrogens is 1. The lowest BCUT2D eigenvalue weighted by Gasteiger charge is -2.12. The number of hydrogen-bond donors (Lipinski definition) is 1. The Morgan fingerprint density at radius 2 is 2.00 bits per heavy atom. The summed E-state index contributed by atoms with van der Waals surface area (Å²) in [6.45, 7) is 2.05. The Kier molecular flexibility index (Phi) is 5.02. The number of benzene rings is 1. The van der Waals surface area contributed by atoms with Gasteiger partial charge in [-0.25, -0.2) is 4.39 Å². The van der Waals surface area contributed by atoms with Crippen LogP contribution in [0.1, 0.15) is 46.0 Å². The molecule has 1 unspecified atom stereocenters. The van der Waals surface area contributed by atoms with Gasteiger partial charge in [0.25, 0.3) is 11.5 Å². The predicted molar refractivity (Wildman–Crippen MR) is 95.8 cm³/mol. The number of carbonyl (C=O) groups excluding carboxylic acids is 2. The number of ketones is 1. The van der Waals surface area contributed by atoms with E-state index in [2.05, 4.69) is 12.2 Å². The minimum atomic E-state index is -0.563. The Labute approximate surface area is 150 Å². The van der Waals surface area contributed by atoms with E-state index in [1.165, 1.54) is 29.9 Å². The molecule has 1 aromatic carbocycles. The summed E-state index contributed by atoms with van der Waals surface area (Å²) in [6, 6.07) is 7.46. The number of amides is 1. The smallest absolute Gasteiger partial charge is 0.263 e. The van der Waals surface area contributed by atoms with Crippen molar-refractivity contribution in [1.29, 1.82) is 0 Å². The van der Waals surface area contributed by atoms with Crippen molar-refractivity contribution in [3.05, 3.63) is 69.4 Å². The molecule has 136 valence electrons. The number of nitrogens with one attached hydrogen (secondary N) is 1. The van der Waals surface area contributed by atoms with Gasteiger partial charge in [-0.15, -0.1) is 0 Å². The minimum absolute atomic E-state index is 0.0452. The summed E-state index contributed by atoms with van der Waals surface area (Å²) in [6.07, 6.45) is 2.84. The van der Waals surface area contributed by atoms with Gasteiger partial charge in [-0.1, -0.05) is 25.1 Å². The molecular formula is C20H21FN2O3. The molecule has 26 heavy (non-hydrogen) atoms. The first-order valence-corrected chi connectivity index (χ1v) is 8.64. The van der Waals surface area contributed by atoms with Crippen molar-refractivity contribution >= 4 is 11.7 Å². The number of hydrogen-bond acceptors (Lipinski definition) is 3. The zero-order valence-corrected chi connectivity index (χ0v) is 14.8. The molecule has 3 rings (SSSR count). The Balaban J connectivity index is 2.00. The van der Waals surface area contributed by atoms with Gasteiger partial charge in [-0.2, -0.15) is 0 Å². The van der Waals surface area contributed by atoms with E-state index in [0.717, 1.165) is 6.42 Å². The fraction of sp³-hybridized carbons (Fsp3) is 0.350. The first-order chi connectivity index (χ1) is 12.4. The predicted octanol–water partition coefficient (Wildman–Crippen LogP) is 2.62. The number of halogens is 1. The van der Waals surface area contributed by atoms with E-state index in [9.17, 15) is 18.8 Å². The van der Waals surface area contributed by atoms with Crippen molar-refractivity contribution < 1.29 is 14.0 Å². The quantitative estimate of drug-likeness (QED) is 0.809. The molecule has 5 nitrogen and oxygen atoms in total. The number of rotatable bonds is 6. The molecule has 0 aliphatic heterocycles. The zero-order chi connectivity index (χ0) is 18.8. The van der Waals surface area contributed by atoms with Gasteiger partial charge in [-0.05, 0) is 30.4 Å². The van der Waals surface area contributed by atoms with E-state index in [1.807, 2.05) is 0 Å². The second kappa shape index (κ2) is 7.23. The molecule has 1 aliphatic carbocycles. The third-order valence-electron chi connectivity index (χ3n) is 4.90. The molecule has 1 heterocycles. The topological polar surface area (TPSA) is 68.2 Å². The van der Waals surface area contributed by atoms with Gasteiger partial charge in [0.05, 0.1) is 6.54 Å². The Hall–Kier alpha value is -2.76. The highest BCUT2D eigenvalue weighted by molar-refractivity contribution is 6.00. The van der Waals surface area contributed by atoms with Crippen molar-refractivity contribution in [2.45, 2.75) is 26.3 Å². The van der Waals surface area contributed by atoms with Gasteiger partial charge in [0, 0.05) is 30.8 Å². The molecule has 0 bridgehead atoms. The number of carbonyl (C=O) groups is 2. The highest BCUT2D eigenvalue weighted by Crippen LogP contribution is 2.41. The van der Waals surface area contributed by atoms with Gasteiger partial charge in [0.15, 0.2) is 5.78 Å². The van der Waals surface area contributed by atoms with Crippen molar-refractivity contribution in [1.82, 2.24) is 9.88 Å². The second-order valence-electron chi connectivity index (χ2n) is 6.85. The molecule has 2 aromatic rings. The van der Waals surface area contributed by atoms with Crippen LogP contribution >= 0.6 is 0 Å². The SMILES string of the molecule is CNC(=O)c1cc(C(=O)CC2C[C@H]2C)cn(Cc2ccccc2F)c1=O. The minimum Gasteiger partial charge on any atom is -0.355 e. The highest BCUT2D eigenvalue weighted by Gasteiger charge is 2.34. The summed E-state index contributed by atoms with van der Waals surface area (Å²) in [4.78, 5) is 37.2. The van der Waals surface area contributed by atoms with Crippen molar-refractivity contribution in [3.63, 3.8) is 0 Å². The molecule has 0 saturated heterocycles. The molecule has 2 atom stereocenters. The van der Waals surface area contributed by atoms with Crippen LogP contribution in [0.25, 0.3) is 0 Å². The third kappa shape index (κ3) is 3.74. The molecule has 1 saturated carbocycles. The maximum atomic E-state index is 14.0. The van der Waals surface area contributed by atoms with E-state index < -0.39 is 17.3 Å². The van der Waals surface area contributed by atoms with Crippen LogP contribution in [0, 0.1) is 17.7 Å². The largest absolute Gasteiger partial charge is 0.355 e. The summed E-state index contributed by atoms with van der Waals surface area (Å²) in [5, 5.41) is 2.41. The van der Waals surface area contributed by atoms with Crippen LogP contribution in [0.4, 0.5) is 4.39 Å².